The predicted octanol–water partition coefficient (Wildman–Crippen LogP) is 1.92. The van der Waals surface area contributed by atoms with Gasteiger partial charge in [-0.05, 0) is 24.6 Å². The van der Waals surface area contributed by atoms with Gasteiger partial charge in [-0.15, -0.1) is 4.40 Å². The van der Waals surface area contributed by atoms with E-state index in [1.165, 1.54) is 20.2 Å². The first-order chi connectivity index (χ1) is 9.79. The van der Waals surface area contributed by atoms with Crippen molar-refractivity contribution in [2.75, 3.05) is 7.05 Å². The van der Waals surface area contributed by atoms with Gasteiger partial charge in [-0.2, -0.15) is 8.42 Å². The molecule has 1 aliphatic rings. The van der Waals surface area contributed by atoms with Crippen LogP contribution in [-0.2, 0) is 26.3 Å². The zero-order valence-electron chi connectivity index (χ0n) is 11.4. The first-order valence-electron chi connectivity index (χ1n) is 5.98. The van der Waals surface area contributed by atoms with Gasteiger partial charge in [0.15, 0.2) is 0 Å². The molecule has 0 unspecified atom stereocenters. The first kappa shape index (κ1) is 15.5. The first-order valence-corrected chi connectivity index (χ1v) is 7.75. The highest BCUT2D eigenvalue weighted by molar-refractivity contribution is 7.88. The van der Waals surface area contributed by atoms with Crippen LogP contribution in [0.25, 0.3) is 0 Å². The number of nitrogens with zero attached hydrogens (tertiary/aromatic N) is 2. The summed E-state index contributed by atoms with van der Waals surface area (Å²) in [5.74, 6) is -0.641. The van der Waals surface area contributed by atoms with Crippen LogP contribution in [-0.4, -0.2) is 31.5 Å². The van der Waals surface area contributed by atoms with E-state index in [9.17, 15) is 13.2 Å². The lowest BCUT2D eigenvalue weighted by Gasteiger charge is -2.19. The largest absolute Gasteiger partial charge is 0.457 e. The van der Waals surface area contributed by atoms with Crippen molar-refractivity contribution in [2.24, 2.45) is 4.40 Å². The smallest absolute Gasteiger partial charge is 0.344 e. The Labute approximate surface area is 127 Å². The van der Waals surface area contributed by atoms with Crippen molar-refractivity contribution in [2.45, 2.75) is 13.5 Å². The van der Waals surface area contributed by atoms with E-state index >= 15 is 0 Å². The average molecular weight is 329 g/mol. The normalized spacial score (nSPS) is 17.0. The molecule has 0 fully saturated rings. The third-order valence-corrected chi connectivity index (χ3v) is 4.37. The fourth-order valence-corrected chi connectivity index (χ4v) is 2.71. The minimum absolute atomic E-state index is 0.0421. The lowest BCUT2D eigenvalue weighted by molar-refractivity contribution is -0.139. The number of halogens is 1. The lowest BCUT2D eigenvalue weighted by Crippen LogP contribution is -2.29. The maximum atomic E-state index is 12.0. The predicted molar refractivity (Wildman–Crippen MR) is 79.1 cm³/mol. The molecule has 2 rings (SSSR count). The molecular formula is C13H13ClN2O4S. The van der Waals surface area contributed by atoms with Crippen LogP contribution < -0.4 is 0 Å². The molecule has 21 heavy (non-hydrogen) atoms. The molecule has 0 saturated carbocycles. The Morgan fingerprint density at radius 2 is 2.14 bits per heavy atom. The van der Waals surface area contributed by atoms with E-state index in [-0.39, 0.29) is 17.9 Å². The second kappa shape index (κ2) is 5.87. The van der Waals surface area contributed by atoms with Crippen LogP contribution >= 0.6 is 11.6 Å². The fraction of sp³-hybridized carbons (Fsp3) is 0.231. The number of esters is 1. The maximum absolute atomic E-state index is 12.0. The maximum Gasteiger partial charge on any atom is 0.344 e. The fourth-order valence-electron chi connectivity index (χ4n) is 1.68. The Bertz CT molecular complexity index is 740. The van der Waals surface area contributed by atoms with Crippen molar-refractivity contribution in [3.8, 4) is 0 Å². The molecule has 112 valence electrons. The number of hydrogen-bond acceptors (Lipinski definition) is 4. The molecule has 1 heterocycles. The van der Waals surface area contributed by atoms with Gasteiger partial charge in [-0.3, -0.25) is 4.31 Å². The molecule has 1 aromatic rings. The highest BCUT2D eigenvalue weighted by Gasteiger charge is 2.26. The highest BCUT2D eigenvalue weighted by Crippen LogP contribution is 2.17. The summed E-state index contributed by atoms with van der Waals surface area (Å²) in [6, 6.07) is 6.92. The Hall–Kier alpha value is -1.86. The molecule has 1 aliphatic heterocycles. The van der Waals surface area contributed by atoms with Crippen molar-refractivity contribution in [3.63, 3.8) is 0 Å². The van der Waals surface area contributed by atoms with E-state index in [1.54, 1.807) is 24.3 Å². The third kappa shape index (κ3) is 3.62. The zero-order chi connectivity index (χ0) is 15.6. The van der Waals surface area contributed by atoms with Crippen LogP contribution in [0.1, 0.15) is 12.5 Å². The van der Waals surface area contributed by atoms with Gasteiger partial charge in [-0.25, -0.2) is 4.79 Å². The number of hydrogen-bond donors (Lipinski definition) is 0. The SMILES string of the molecule is CC1=NS(=O)(=O)N(C)C=C1C(=O)OCc1cccc(Cl)c1. The third-order valence-electron chi connectivity index (χ3n) is 2.80. The summed E-state index contributed by atoms with van der Waals surface area (Å²) in [6.45, 7) is 1.48. The van der Waals surface area contributed by atoms with Crippen molar-refractivity contribution < 1.29 is 17.9 Å². The van der Waals surface area contributed by atoms with E-state index in [2.05, 4.69) is 4.40 Å². The summed E-state index contributed by atoms with van der Waals surface area (Å²) in [7, 11) is -2.43. The van der Waals surface area contributed by atoms with Gasteiger partial charge >= 0.3 is 16.2 Å². The number of rotatable bonds is 3. The molecule has 0 saturated heterocycles. The number of carbonyl (C=O) groups excluding carboxylic acids is 1. The molecule has 6 nitrogen and oxygen atoms in total. The Morgan fingerprint density at radius 3 is 2.81 bits per heavy atom. The zero-order valence-corrected chi connectivity index (χ0v) is 13.0. The highest BCUT2D eigenvalue weighted by atomic mass is 35.5. The molecule has 0 spiro atoms. The standard InChI is InChI=1S/C13H13ClN2O4S/c1-9-12(7-16(2)21(18,19)15-9)13(17)20-8-10-4-3-5-11(14)6-10/h3-7H,8H2,1-2H3. The van der Waals surface area contributed by atoms with Crippen molar-refractivity contribution >= 4 is 33.5 Å². The van der Waals surface area contributed by atoms with E-state index in [0.717, 1.165) is 9.87 Å². The van der Waals surface area contributed by atoms with Gasteiger partial charge in [0.2, 0.25) is 0 Å². The van der Waals surface area contributed by atoms with Crippen molar-refractivity contribution in [1.82, 2.24) is 4.31 Å². The Kier molecular flexibility index (Phi) is 4.34. The van der Waals surface area contributed by atoms with Gasteiger partial charge in [0.25, 0.3) is 0 Å². The van der Waals surface area contributed by atoms with Crippen LogP contribution in [0.5, 0.6) is 0 Å². The quantitative estimate of drug-likeness (QED) is 0.794. The molecular weight excluding hydrogens is 316 g/mol. The van der Waals surface area contributed by atoms with E-state index in [4.69, 9.17) is 16.3 Å². The van der Waals surface area contributed by atoms with E-state index < -0.39 is 16.2 Å². The monoisotopic (exact) mass is 328 g/mol. The van der Waals surface area contributed by atoms with Gasteiger partial charge in [-0.1, -0.05) is 23.7 Å². The number of carbonyl (C=O) groups is 1. The molecule has 0 aliphatic carbocycles. The van der Waals surface area contributed by atoms with Crippen LogP contribution in [0.15, 0.2) is 40.4 Å². The molecule has 0 atom stereocenters. The number of benzene rings is 1. The summed E-state index contributed by atoms with van der Waals surface area (Å²) >= 11 is 5.84. The molecule has 1 aromatic carbocycles. The Balaban J connectivity index is 2.09. The topological polar surface area (TPSA) is 76.0 Å². The minimum atomic E-state index is -3.73. The minimum Gasteiger partial charge on any atom is -0.457 e. The average Bonchev–Trinajstić information content (AvgIpc) is 2.40. The number of ether oxygens (including phenoxy) is 1. The van der Waals surface area contributed by atoms with Crippen LogP contribution in [0.2, 0.25) is 5.02 Å². The summed E-state index contributed by atoms with van der Waals surface area (Å²) in [5, 5.41) is 0.545. The van der Waals surface area contributed by atoms with Crippen molar-refractivity contribution in [1.29, 1.82) is 0 Å². The van der Waals surface area contributed by atoms with E-state index in [0.29, 0.717) is 5.02 Å². The molecule has 0 bridgehead atoms. The molecule has 0 amide bonds. The van der Waals surface area contributed by atoms with Gasteiger partial charge in [0, 0.05) is 18.3 Å². The second-order valence-corrected chi connectivity index (χ2v) is 6.51. The van der Waals surface area contributed by atoms with Crippen molar-refractivity contribution in [3.05, 3.63) is 46.6 Å². The molecule has 8 heteroatoms. The van der Waals surface area contributed by atoms with Crippen LogP contribution in [0.3, 0.4) is 0 Å². The van der Waals surface area contributed by atoms with Crippen LogP contribution in [0, 0.1) is 0 Å². The summed E-state index contributed by atoms with van der Waals surface area (Å²) < 4.78 is 32.5. The Morgan fingerprint density at radius 1 is 1.43 bits per heavy atom. The van der Waals surface area contributed by atoms with Gasteiger partial charge in [0.1, 0.15) is 6.61 Å². The molecule has 0 aromatic heterocycles. The second-order valence-electron chi connectivity index (χ2n) is 4.42. The summed E-state index contributed by atoms with van der Waals surface area (Å²) in [5.41, 5.74) is 0.946. The lowest BCUT2D eigenvalue weighted by atomic mass is 10.2. The van der Waals surface area contributed by atoms with Gasteiger partial charge < -0.3 is 4.74 Å². The molecule has 0 N–H and O–H groups in total. The summed E-state index contributed by atoms with van der Waals surface area (Å²) in [4.78, 5) is 12.0. The van der Waals surface area contributed by atoms with E-state index in [1.807, 2.05) is 0 Å². The summed E-state index contributed by atoms with van der Waals surface area (Å²) in [6.07, 6.45) is 1.19. The van der Waals surface area contributed by atoms with Gasteiger partial charge in [0.05, 0.1) is 11.3 Å². The molecule has 0 radical (unpaired) electrons. The van der Waals surface area contributed by atoms with Crippen LogP contribution in [0.4, 0.5) is 0 Å².